The Morgan fingerprint density at radius 3 is 2.57 bits per heavy atom. The largest absolute Gasteiger partial charge is 0.399 e. The van der Waals surface area contributed by atoms with Crippen LogP contribution in [0.4, 0.5) is 11.4 Å². The maximum absolute atomic E-state index is 12.3. The third-order valence-electron chi connectivity index (χ3n) is 3.08. The Kier molecular flexibility index (Phi) is 6.04. The molecule has 114 valence electrons. The zero-order valence-corrected chi connectivity index (χ0v) is 13.3. The van der Waals surface area contributed by atoms with Gasteiger partial charge < -0.3 is 15.5 Å². The molecule has 0 bridgehead atoms. The van der Waals surface area contributed by atoms with E-state index in [1.54, 1.807) is 31.1 Å². The number of hydrogen-bond acceptors (Lipinski definition) is 4. The van der Waals surface area contributed by atoms with Crippen molar-refractivity contribution in [2.75, 3.05) is 37.8 Å². The first-order valence-electron chi connectivity index (χ1n) is 7.10. The van der Waals surface area contributed by atoms with Gasteiger partial charge in [0.25, 0.3) is 5.91 Å². The number of nitrogens with two attached hydrogens (primary N) is 1. The number of nitriles is 1. The van der Waals surface area contributed by atoms with Crippen molar-refractivity contribution < 1.29 is 4.79 Å². The molecule has 0 saturated heterocycles. The zero-order valence-electron chi connectivity index (χ0n) is 13.3. The lowest BCUT2D eigenvalue weighted by Gasteiger charge is -2.28. The summed E-state index contributed by atoms with van der Waals surface area (Å²) in [6.07, 6.45) is 0.414. The maximum Gasteiger partial charge on any atom is 0.255 e. The van der Waals surface area contributed by atoms with Crippen molar-refractivity contribution in [2.45, 2.75) is 20.3 Å². The molecule has 0 aliphatic heterocycles. The molecule has 0 saturated carbocycles. The van der Waals surface area contributed by atoms with E-state index >= 15 is 0 Å². The van der Waals surface area contributed by atoms with Gasteiger partial charge in [-0.25, -0.2) is 0 Å². The van der Waals surface area contributed by atoms with Crippen molar-refractivity contribution in [3.63, 3.8) is 0 Å². The monoisotopic (exact) mass is 288 g/mol. The van der Waals surface area contributed by atoms with E-state index in [4.69, 9.17) is 11.0 Å². The van der Waals surface area contributed by atoms with Crippen LogP contribution in [0.15, 0.2) is 18.2 Å². The molecule has 0 heterocycles. The second-order valence-electron chi connectivity index (χ2n) is 5.72. The number of carbonyl (C=O) groups is 1. The highest BCUT2D eigenvalue weighted by atomic mass is 16.2. The van der Waals surface area contributed by atoms with Crippen LogP contribution in [0.2, 0.25) is 0 Å². The smallest absolute Gasteiger partial charge is 0.255 e. The average molecular weight is 288 g/mol. The lowest BCUT2D eigenvalue weighted by atomic mass is 10.1. The number of nitrogen functional groups attached to an aromatic ring is 1. The van der Waals surface area contributed by atoms with Gasteiger partial charge in [-0.1, -0.05) is 13.8 Å². The predicted molar refractivity (Wildman–Crippen MR) is 86.2 cm³/mol. The first kappa shape index (κ1) is 16.8. The van der Waals surface area contributed by atoms with Gasteiger partial charge in [0, 0.05) is 32.9 Å². The summed E-state index contributed by atoms with van der Waals surface area (Å²) in [5.41, 5.74) is 7.92. The summed E-state index contributed by atoms with van der Waals surface area (Å²) in [4.78, 5) is 16.0. The van der Waals surface area contributed by atoms with Crippen LogP contribution in [-0.4, -0.2) is 38.0 Å². The number of rotatable bonds is 6. The first-order chi connectivity index (χ1) is 9.86. The Labute approximate surface area is 126 Å². The van der Waals surface area contributed by atoms with Crippen LogP contribution in [0, 0.1) is 17.2 Å². The fourth-order valence-electron chi connectivity index (χ4n) is 2.17. The van der Waals surface area contributed by atoms with Crippen LogP contribution in [0.25, 0.3) is 0 Å². The van der Waals surface area contributed by atoms with E-state index in [9.17, 15) is 4.79 Å². The van der Waals surface area contributed by atoms with Crippen LogP contribution < -0.4 is 10.6 Å². The van der Waals surface area contributed by atoms with Crippen molar-refractivity contribution in [1.29, 1.82) is 5.26 Å². The molecule has 1 rings (SSSR count). The summed E-state index contributed by atoms with van der Waals surface area (Å²) in [7, 11) is 3.45. The lowest BCUT2D eigenvalue weighted by molar-refractivity contribution is 0.0828. The fourth-order valence-corrected chi connectivity index (χ4v) is 2.17. The predicted octanol–water partition coefficient (Wildman–Crippen LogP) is 2.35. The number of carbonyl (C=O) groups excluding carboxylic acids is 1. The number of hydrogen-bond donors (Lipinski definition) is 1. The van der Waals surface area contributed by atoms with Gasteiger partial charge in [-0.2, -0.15) is 5.26 Å². The van der Waals surface area contributed by atoms with Gasteiger partial charge >= 0.3 is 0 Å². The molecular formula is C16H24N4O. The molecule has 21 heavy (non-hydrogen) atoms. The molecule has 0 aromatic heterocycles. The molecule has 5 nitrogen and oxygen atoms in total. The number of benzene rings is 1. The van der Waals surface area contributed by atoms with Crippen molar-refractivity contribution >= 4 is 17.3 Å². The summed E-state index contributed by atoms with van der Waals surface area (Å²) >= 11 is 0. The van der Waals surface area contributed by atoms with E-state index in [2.05, 4.69) is 24.8 Å². The van der Waals surface area contributed by atoms with Crippen LogP contribution in [0.1, 0.15) is 30.6 Å². The molecule has 1 aromatic carbocycles. The zero-order chi connectivity index (χ0) is 16.0. The first-order valence-corrected chi connectivity index (χ1v) is 7.10. The van der Waals surface area contributed by atoms with Gasteiger partial charge in [0.15, 0.2) is 0 Å². The topological polar surface area (TPSA) is 73.4 Å². The minimum absolute atomic E-state index is 0.0595. The molecule has 5 heteroatoms. The van der Waals surface area contributed by atoms with Gasteiger partial charge in [-0.3, -0.25) is 4.79 Å². The van der Waals surface area contributed by atoms with E-state index in [1.165, 1.54) is 0 Å². The number of nitrogens with zero attached hydrogens (tertiary/aromatic N) is 3. The van der Waals surface area contributed by atoms with E-state index in [0.717, 1.165) is 12.2 Å². The normalized spacial score (nSPS) is 10.3. The van der Waals surface area contributed by atoms with Gasteiger partial charge in [-0.15, -0.1) is 0 Å². The highest BCUT2D eigenvalue weighted by molar-refractivity contribution is 6.00. The average Bonchev–Trinajstić information content (AvgIpc) is 2.42. The summed E-state index contributed by atoms with van der Waals surface area (Å²) < 4.78 is 0. The van der Waals surface area contributed by atoms with Gasteiger partial charge in [-0.05, 0) is 24.1 Å². The molecule has 2 N–H and O–H groups in total. The minimum atomic E-state index is -0.0595. The summed E-state index contributed by atoms with van der Waals surface area (Å²) in [6, 6.07) is 7.47. The van der Waals surface area contributed by atoms with E-state index in [1.807, 2.05) is 6.07 Å². The second kappa shape index (κ2) is 7.53. The Morgan fingerprint density at radius 1 is 1.38 bits per heavy atom. The Balaban J connectivity index is 3.24. The highest BCUT2D eigenvalue weighted by Gasteiger charge is 2.19. The number of anilines is 2. The molecule has 0 unspecified atom stereocenters. The standard InChI is InChI=1S/C16H24N4O/c1-12(2)11-20(9-5-8-17)15-10-13(18)6-7-14(15)16(21)19(3)4/h6-7,10,12H,5,9,11,18H2,1-4H3. The van der Waals surface area contributed by atoms with Gasteiger partial charge in [0.05, 0.1) is 23.7 Å². The van der Waals surface area contributed by atoms with Crippen molar-refractivity contribution in [1.82, 2.24) is 4.90 Å². The van der Waals surface area contributed by atoms with Gasteiger partial charge in [0.2, 0.25) is 0 Å². The van der Waals surface area contributed by atoms with Crippen LogP contribution in [0.3, 0.4) is 0 Å². The van der Waals surface area contributed by atoms with Crippen molar-refractivity contribution in [3.05, 3.63) is 23.8 Å². The number of amides is 1. The molecule has 0 aliphatic carbocycles. The van der Waals surface area contributed by atoms with Crippen molar-refractivity contribution in [3.8, 4) is 6.07 Å². The van der Waals surface area contributed by atoms with E-state index in [0.29, 0.717) is 30.1 Å². The molecule has 0 spiro atoms. The Hall–Kier alpha value is -2.22. The molecule has 0 fully saturated rings. The molecule has 0 radical (unpaired) electrons. The molecular weight excluding hydrogens is 264 g/mol. The van der Waals surface area contributed by atoms with Crippen LogP contribution in [0.5, 0.6) is 0 Å². The van der Waals surface area contributed by atoms with E-state index < -0.39 is 0 Å². The SMILES string of the molecule is CC(C)CN(CCC#N)c1cc(N)ccc1C(=O)N(C)C. The second-order valence-corrected chi connectivity index (χ2v) is 5.72. The maximum atomic E-state index is 12.3. The summed E-state index contributed by atoms with van der Waals surface area (Å²) in [5, 5.41) is 8.84. The summed E-state index contributed by atoms with van der Waals surface area (Å²) in [6.45, 7) is 5.59. The lowest BCUT2D eigenvalue weighted by Crippen LogP contribution is -2.32. The third kappa shape index (κ3) is 4.67. The third-order valence-corrected chi connectivity index (χ3v) is 3.08. The van der Waals surface area contributed by atoms with Crippen LogP contribution >= 0.6 is 0 Å². The fraction of sp³-hybridized carbons (Fsp3) is 0.500. The molecule has 1 amide bonds. The molecule has 1 aromatic rings. The van der Waals surface area contributed by atoms with Gasteiger partial charge in [0.1, 0.15) is 0 Å². The minimum Gasteiger partial charge on any atom is -0.399 e. The quantitative estimate of drug-likeness (QED) is 0.815. The van der Waals surface area contributed by atoms with Crippen molar-refractivity contribution in [2.24, 2.45) is 5.92 Å². The Bertz CT molecular complexity index is 532. The van der Waals surface area contributed by atoms with Crippen LogP contribution in [-0.2, 0) is 0 Å². The molecule has 0 atom stereocenters. The highest BCUT2D eigenvalue weighted by Crippen LogP contribution is 2.26. The Morgan fingerprint density at radius 2 is 2.05 bits per heavy atom. The summed E-state index contributed by atoms with van der Waals surface area (Å²) in [5.74, 6) is 0.364. The molecule has 0 aliphatic rings. The van der Waals surface area contributed by atoms with E-state index in [-0.39, 0.29) is 5.91 Å².